The van der Waals surface area contributed by atoms with E-state index in [0.717, 1.165) is 42.3 Å². The number of aromatic nitrogens is 3. The lowest BCUT2D eigenvalue weighted by Crippen LogP contribution is -2.32. The Morgan fingerprint density at radius 1 is 1.17 bits per heavy atom. The zero-order chi connectivity index (χ0) is 17.1. The minimum atomic E-state index is -0.101. The van der Waals surface area contributed by atoms with Gasteiger partial charge < -0.3 is 10.2 Å². The van der Waals surface area contributed by atoms with E-state index in [4.69, 9.17) is 0 Å². The number of pyridine rings is 1. The van der Waals surface area contributed by atoms with Gasteiger partial charge in [-0.15, -0.1) is 0 Å². The van der Waals surface area contributed by atoms with Crippen molar-refractivity contribution in [1.29, 1.82) is 0 Å². The van der Waals surface area contributed by atoms with Crippen LogP contribution in [0, 0.1) is 13.8 Å². The fourth-order valence-corrected chi connectivity index (χ4v) is 3.10. The van der Waals surface area contributed by atoms with E-state index in [0.29, 0.717) is 5.82 Å². The van der Waals surface area contributed by atoms with Crippen LogP contribution in [-0.4, -0.2) is 34.5 Å². The first kappa shape index (κ1) is 16.4. The number of likely N-dealkylation sites (N-methyl/N-ethyl adjacent to an activating group) is 1. The molecule has 0 aliphatic heterocycles. The largest absolute Gasteiger partial charge is 0.350 e. The first-order valence-electron chi connectivity index (χ1n) is 8.34. The molecule has 1 aliphatic carbocycles. The highest BCUT2D eigenvalue weighted by atomic mass is 16.2. The van der Waals surface area contributed by atoms with Crippen LogP contribution in [0.4, 0.5) is 11.6 Å². The molecule has 24 heavy (non-hydrogen) atoms. The molecule has 2 aromatic heterocycles. The summed E-state index contributed by atoms with van der Waals surface area (Å²) >= 11 is 0. The molecule has 6 nitrogen and oxygen atoms in total. The smallest absolute Gasteiger partial charge is 0.245 e. The Morgan fingerprint density at radius 3 is 2.75 bits per heavy atom. The average Bonchev–Trinajstić information content (AvgIpc) is 2.53. The molecule has 6 heteroatoms. The molecule has 3 rings (SSSR count). The maximum absolute atomic E-state index is 12.3. The van der Waals surface area contributed by atoms with Gasteiger partial charge in [0.15, 0.2) is 0 Å². The molecule has 0 atom stereocenters. The number of carbonyl (C=O) groups excluding carboxylic acids is 1. The maximum Gasteiger partial charge on any atom is 0.245 e. The van der Waals surface area contributed by atoms with E-state index in [-0.39, 0.29) is 12.5 Å². The highest BCUT2D eigenvalue weighted by Crippen LogP contribution is 2.27. The minimum Gasteiger partial charge on any atom is -0.350 e. The van der Waals surface area contributed by atoms with E-state index in [9.17, 15) is 4.79 Å². The predicted octanol–water partition coefficient (Wildman–Crippen LogP) is 2.44. The molecule has 0 unspecified atom stereocenters. The molecule has 0 radical (unpaired) electrons. The lowest BCUT2D eigenvalue weighted by molar-refractivity contribution is -0.114. The molecule has 1 amide bonds. The first-order valence-corrected chi connectivity index (χ1v) is 8.34. The number of hydrogen-bond donors (Lipinski definition) is 1. The third-order valence-corrected chi connectivity index (χ3v) is 4.17. The van der Waals surface area contributed by atoms with Crippen LogP contribution in [-0.2, 0) is 17.6 Å². The number of aryl methyl sites for hydroxylation is 3. The quantitative estimate of drug-likeness (QED) is 0.935. The van der Waals surface area contributed by atoms with Gasteiger partial charge in [-0.3, -0.25) is 4.79 Å². The number of nitrogens with one attached hydrogen (secondary N) is 1. The second kappa shape index (κ2) is 6.95. The summed E-state index contributed by atoms with van der Waals surface area (Å²) in [7, 11) is 1.90. The van der Waals surface area contributed by atoms with E-state index in [1.165, 1.54) is 12.0 Å². The van der Waals surface area contributed by atoms with Crippen molar-refractivity contribution in [2.45, 2.75) is 39.5 Å². The zero-order valence-corrected chi connectivity index (χ0v) is 14.5. The molecule has 1 N–H and O–H groups in total. The molecule has 0 saturated carbocycles. The number of hydrogen-bond acceptors (Lipinski definition) is 5. The third kappa shape index (κ3) is 3.69. The second-order valence-corrected chi connectivity index (χ2v) is 6.30. The van der Waals surface area contributed by atoms with Gasteiger partial charge in [-0.05, 0) is 51.7 Å². The Labute approximate surface area is 142 Å². The number of carbonyl (C=O) groups is 1. The van der Waals surface area contributed by atoms with Crippen molar-refractivity contribution in [1.82, 2.24) is 15.0 Å². The highest BCUT2D eigenvalue weighted by molar-refractivity contribution is 5.93. The van der Waals surface area contributed by atoms with Gasteiger partial charge in [0.25, 0.3) is 0 Å². The first-order chi connectivity index (χ1) is 11.5. The van der Waals surface area contributed by atoms with Crippen molar-refractivity contribution in [2.75, 3.05) is 23.8 Å². The maximum atomic E-state index is 12.3. The molecule has 0 saturated heterocycles. The van der Waals surface area contributed by atoms with E-state index in [1.54, 1.807) is 6.07 Å². The van der Waals surface area contributed by atoms with Gasteiger partial charge in [-0.25, -0.2) is 15.0 Å². The topological polar surface area (TPSA) is 71.0 Å². The van der Waals surface area contributed by atoms with Crippen molar-refractivity contribution >= 4 is 17.5 Å². The standard InChI is InChI=1S/C18H23N5O/c1-12-7-6-10-16(19-12)22-17(24)11-23(3)18-14-8-4-5-9-15(14)20-13(2)21-18/h6-7,10H,4-5,8-9,11H2,1-3H3,(H,19,22,24). The van der Waals surface area contributed by atoms with Crippen LogP contribution in [0.1, 0.15) is 35.6 Å². The van der Waals surface area contributed by atoms with Crippen molar-refractivity contribution in [3.05, 3.63) is 41.0 Å². The van der Waals surface area contributed by atoms with Crippen LogP contribution in [0.5, 0.6) is 0 Å². The van der Waals surface area contributed by atoms with Crippen LogP contribution in [0.25, 0.3) is 0 Å². The van der Waals surface area contributed by atoms with Gasteiger partial charge in [-0.2, -0.15) is 0 Å². The van der Waals surface area contributed by atoms with E-state index >= 15 is 0 Å². The lowest BCUT2D eigenvalue weighted by atomic mass is 9.96. The SMILES string of the molecule is Cc1cccc(NC(=O)CN(C)c2nc(C)nc3c2CCCC3)n1. The number of rotatable bonds is 4. The van der Waals surface area contributed by atoms with E-state index in [2.05, 4.69) is 20.3 Å². The third-order valence-electron chi connectivity index (χ3n) is 4.17. The fraction of sp³-hybridized carbons (Fsp3) is 0.444. The Hall–Kier alpha value is -2.50. The average molecular weight is 325 g/mol. The summed E-state index contributed by atoms with van der Waals surface area (Å²) in [6, 6.07) is 5.57. The molecular weight excluding hydrogens is 302 g/mol. The van der Waals surface area contributed by atoms with Crippen LogP contribution in [0.15, 0.2) is 18.2 Å². The Morgan fingerprint density at radius 2 is 1.96 bits per heavy atom. The van der Waals surface area contributed by atoms with Crippen LogP contribution >= 0.6 is 0 Å². The number of amides is 1. The molecule has 2 aromatic rings. The van der Waals surface area contributed by atoms with Gasteiger partial charge in [0.05, 0.1) is 6.54 Å². The number of anilines is 2. The van der Waals surface area contributed by atoms with Gasteiger partial charge in [-0.1, -0.05) is 6.07 Å². The molecule has 0 aromatic carbocycles. The van der Waals surface area contributed by atoms with E-state index < -0.39 is 0 Å². The van der Waals surface area contributed by atoms with Gasteiger partial charge in [0.1, 0.15) is 17.5 Å². The molecule has 0 spiro atoms. The molecule has 1 aliphatic rings. The van der Waals surface area contributed by atoms with Crippen molar-refractivity contribution < 1.29 is 4.79 Å². The van der Waals surface area contributed by atoms with E-state index in [1.807, 2.05) is 37.9 Å². The summed E-state index contributed by atoms with van der Waals surface area (Å²) in [6.07, 6.45) is 4.31. The number of nitrogens with zero attached hydrogens (tertiary/aromatic N) is 4. The molecule has 0 bridgehead atoms. The lowest BCUT2D eigenvalue weighted by Gasteiger charge is -2.25. The summed E-state index contributed by atoms with van der Waals surface area (Å²) < 4.78 is 0. The summed E-state index contributed by atoms with van der Waals surface area (Å²) in [5.74, 6) is 2.12. The van der Waals surface area contributed by atoms with Crippen molar-refractivity contribution in [3.63, 3.8) is 0 Å². The Kier molecular flexibility index (Phi) is 4.74. The highest BCUT2D eigenvalue weighted by Gasteiger charge is 2.20. The summed E-state index contributed by atoms with van der Waals surface area (Å²) in [4.78, 5) is 27.7. The monoisotopic (exact) mass is 325 g/mol. The zero-order valence-electron chi connectivity index (χ0n) is 14.5. The van der Waals surface area contributed by atoms with Crippen LogP contribution in [0.2, 0.25) is 0 Å². The van der Waals surface area contributed by atoms with Crippen molar-refractivity contribution in [3.8, 4) is 0 Å². The molecule has 126 valence electrons. The van der Waals surface area contributed by atoms with Gasteiger partial charge in [0.2, 0.25) is 5.91 Å². The Balaban J connectivity index is 1.74. The van der Waals surface area contributed by atoms with Crippen LogP contribution < -0.4 is 10.2 Å². The number of fused-ring (bicyclic) bond motifs is 1. The van der Waals surface area contributed by atoms with Gasteiger partial charge in [0, 0.05) is 24.0 Å². The van der Waals surface area contributed by atoms with Crippen molar-refractivity contribution in [2.24, 2.45) is 0 Å². The normalized spacial score (nSPS) is 13.3. The van der Waals surface area contributed by atoms with Crippen LogP contribution in [0.3, 0.4) is 0 Å². The summed E-state index contributed by atoms with van der Waals surface area (Å²) in [6.45, 7) is 4.04. The van der Waals surface area contributed by atoms with Gasteiger partial charge >= 0.3 is 0 Å². The molecule has 0 fully saturated rings. The summed E-state index contributed by atoms with van der Waals surface area (Å²) in [5, 5.41) is 2.84. The molecular formula is C18H23N5O. The summed E-state index contributed by atoms with van der Waals surface area (Å²) in [5.41, 5.74) is 3.20. The minimum absolute atomic E-state index is 0.101. The second-order valence-electron chi connectivity index (χ2n) is 6.30. The predicted molar refractivity (Wildman–Crippen MR) is 94.3 cm³/mol. The molecule has 2 heterocycles. The Bertz CT molecular complexity index is 759. The fourth-order valence-electron chi connectivity index (χ4n) is 3.10.